The topological polar surface area (TPSA) is 91.4 Å². The van der Waals surface area contributed by atoms with Gasteiger partial charge in [-0.3, -0.25) is 19.4 Å². The average molecular weight is 459 g/mol. The molecule has 2 atom stereocenters. The number of thioether (sulfide) groups is 1. The predicted molar refractivity (Wildman–Crippen MR) is 127 cm³/mol. The van der Waals surface area contributed by atoms with E-state index in [0.717, 1.165) is 16.0 Å². The molecule has 0 bridgehead atoms. The van der Waals surface area contributed by atoms with E-state index in [0.29, 0.717) is 23.2 Å². The summed E-state index contributed by atoms with van der Waals surface area (Å²) in [5, 5.41) is 5.83. The molecule has 1 fully saturated rings. The Morgan fingerprint density at radius 3 is 2.64 bits per heavy atom. The monoisotopic (exact) mass is 458 g/mol. The van der Waals surface area contributed by atoms with E-state index in [1.165, 1.54) is 6.20 Å². The standard InChI is InChI=1S/C25H22N4O3S/c1-33-19-7-4-15(5-8-19)16-6-9-21-20(11-16)25(32)29-14-18(12-22(29)24(31)28-21)27-23(30)17-3-2-10-26-13-17/h2-11,13,18,22H,12,14H2,1H3,(H,27,30)(H,28,31)/t18-,22-/m0/s1. The maximum Gasteiger partial charge on any atom is 0.256 e. The van der Waals surface area contributed by atoms with E-state index >= 15 is 0 Å². The van der Waals surface area contributed by atoms with Gasteiger partial charge in [0.15, 0.2) is 0 Å². The highest BCUT2D eigenvalue weighted by Gasteiger charge is 2.43. The first kappa shape index (κ1) is 21.2. The summed E-state index contributed by atoms with van der Waals surface area (Å²) in [6.07, 6.45) is 5.48. The van der Waals surface area contributed by atoms with Gasteiger partial charge < -0.3 is 15.5 Å². The first-order valence-electron chi connectivity index (χ1n) is 10.6. The lowest BCUT2D eigenvalue weighted by molar-refractivity contribution is -0.119. The second kappa shape index (κ2) is 8.71. The van der Waals surface area contributed by atoms with E-state index in [9.17, 15) is 14.4 Å². The van der Waals surface area contributed by atoms with Gasteiger partial charge in [0.2, 0.25) is 5.91 Å². The molecule has 166 valence electrons. The molecule has 5 rings (SSSR count). The number of anilines is 1. The number of amides is 3. The van der Waals surface area contributed by atoms with Crippen molar-refractivity contribution in [3.63, 3.8) is 0 Å². The van der Waals surface area contributed by atoms with Crippen molar-refractivity contribution in [1.82, 2.24) is 15.2 Å². The summed E-state index contributed by atoms with van der Waals surface area (Å²) in [6.45, 7) is 0.273. The number of benzene rings is 2. The quantitative estimate of drug-likeness (QED) is 0.585. The van der Waals surface area contributed by atoms with Gasteiger partial charge in [-0.1, -0.05) is 18.2 Å². The molecular weight excluding hydrogens is 436 g/mol. The van der Waals surface area contributed by atoms with Crippen LogP contribution in [0.4, 0.5) is 5.69 Å². The van der Waals surface area contributed by atoms with Crippen molar-refractivity contribution in [2.45, 2.75) is 23.4 Å². The van der Waals surface area contributed by atoms with Crippen LogP contribution in [0.2, 0.25) is 0 Å². The molecule has 2 aliphatic rings. The minimum atomic E-state index is -0.631. The van der Waals surface area contributed by atoms with Crippen LogP contribution in [-0.2, 0) is 4.79 Å². The van der Waals surface area contributed by atoms with Gasteiger partial charge in [0.05, 0.1) is 16.8 Å². The molecule has 2 N–H and O–H groups in total. The predicted octanol–water partition coefficient (Wildman–Crippen LogP) is 3.44. The lowest BCUT2D eigenvalue weighted by atomic mass is 10.0. The molecule has 0 aliphatic carbocycles. The minimum Gasteiger partial charge on any atom is -0.347 e. The smallest absolute Gasteiger partial charge is 0.256 e. The molecule has 0 saturated carbocycles. The van der Waals surface area contributed by atoms with Gasteiger partial charge >= 0.3 is 0 Å². The van der Waals surface area contributed by atoms with Crippen LogP contribution < -0.4 is 10.6 Å². The number of hydrogen-bond acceptors (Lipinski definition) is 5. The van der Waals surface area contributed by atoms with Crippen molar-refractivity contribution in [3.05, 3.63) is 78.1 Å². The Labute approximate surface area is 195 Å². The number of aromatic nitrogens is 1. The average Bonchev–Trinajstić information content (AvgIpc) is 3.24. The van der Waals surface area contributed by atoms with Gasteiger partial charge in [-0.25, -0.2) is 0 Å². The number of nitrogens with one attached hydrogen (secondary N) is 2. The lowest BCUT2D eigenvalue weighted by Gasteiger charge is -2.20. The lowest BCUT2D eigenvalue weighted by Crippen LogP contribution is -2.41. The molecule has 1 aromatic heterocycles. The van der Waals surface area contributed by atoms with E-state index in [-0.39, 0.29) is 30.3 Å². The van der Waals surface area contributed by atoms with Crippen LogP contribution in [0.5, 0.6) is 0 Å². The van der Waals surface area contributed by atoms with Crippen LogP contribution in [0, 0.1) is 0 Å². The fourth-order valence-corrected chi connectivity index (χ4v) is 4.75. The Morgan fingerprint density at radius 2 is 1.91 bits per heavy atom. The number of hydrogen-bond donors (Lipinski definition) is 2. The molecule has 0 spiro atoms. The van der Waals surface area contributed by atoms with Crippen LogP contribution in [0.15, 0.2) is 71.9 Å². The van der Waals surface area contributed by atoms with Gasteiger partial charge in [-0.05, 0) is 60.2 Å². The van der Waals surface area contributed by atoms with Gasteiger partial charge in [0.1, 0.15) is 6.04 Å². The number of carbonyl (C=O) groups excluding carboxylic acids is 3. The maximum absolute atomic E-state index is 13.5. The second-order valence-corrected chi connectivity index (χ2v) is 8.98. The molecule has 2 aliphatic heterocycles. The number of rotatable bonds is 4. The first-order valence-corrected chi connectivity index (χ1v) is 11.9. The molecule has 2 aromatic carbocycles. The van der Waals surface area contributed by atoms with E-state index in [4.69, 9.17) is 0 Å². The summed E-state index contributed by atoms with van der Waals surface area (Å²) in [6, 6.07) is 16.1. The fraction of sp³-hybridized carbons (Fsp3) is 0.200. The van der Waals surface area contributed by atoms with Crippen molar-refractivity contribution >= 4 is 35.2 Å². The zero-order valence-corrected chi connectivity index (χ0v) is 18.8. The van der Waals surface area contributed by atoms with Crippen LogP contribution in [0.25, 0.3) is 11.1 Å². The molecule has 8 heteroatoms. The number of nitrogens with zero attached hydrogens (tertiary/aromatic N) is 2. The molecule has 0 radical (unpaired) electrons. The second-order valence-electron chi connectivity index (χ2n) is 8.10. The van der Waals surface area contributed by atoms with Crippen molar-refractivity contribution in [1.29, 1.82) is 0 Å². The normalized spacial score (nSPS) is 19.4. The Balaban J connectivity index is 1.39. The highest BCUT2D eigenvalue weighted by atomic mass is 32.2. The summed E-state index contributed by atoms with van der Waals surface area (Å²) in [4.78, 5) is 45.6. The highest BCUT2D eigenvalue weighted by Crippen LogP contribution is 2.32. The molecule has 1 saturated heterocycles. The SMILES string of the molecule is CSc1ccc(-c2ccc3c(c2)C(=O)N2C[C@@H](NC(=O)c4cccnc4)C[C@H]2C(=O)N3)cc1. The minimum absolute atomic E-state index is 0.214. The number of pyridine rings is 1. The first-order chi connectivity index (χ1) is 16.0. The third-order valence-electron chi connectivity index (χ3n) is 6.05. The van der Waals surface area contributed by atoms with Gasteiger partial charge in [-0.2, -0.15) is 0 Å². The van der Waals surface area contributed by atoms with Crippen LogP contribution >= 0.6 is 11.8 Å². The Kier molecular flexibility index (Phi) is 5.60. The Hall–Kier alpha value is -3.65. The maximum atomic E-state index is 13.5. The molecule has 33 heavy (non-hydrogen) atoms. The van der Waals surface area contributed by atoms with Crippen LogP contribution in [-0.4, -0.2) is 52.5 Å². The summed E-state index contributed by atoms with van der Waals surface area (Å²) >= 11 is 1.67. The third-order valence-corrected chi connectivity index (χ3v) is 6.80. The van der Waals surface area contributed by atoms with Gasteiger partial charge in [0.25, 0.3) is 11.8 Å². The van der Waals surface area contributed by atoms with E-state index in [2.05, 4.69) is 15.6 Å². The largest absolute Gasteiger partial charge is 0.347 e. The zero-order valence-electron chi connectivity index (χ0n) is 17.9. The van der Waals surface area contributed by atoms with Gasteiger partial charge in [0, 0.05) is 29.9 Å². The Morgan fingerprint density at radius 1 is 1.12 bits per heavy atom. The fourth-order valence-electron chi connectivity index (χ4n) is 4.34. The molecule has 0 unspecified atom stereocenters. The number of carbonyl (C=O) groups is 3. The molecule has 3 amide bonds. The summed E-state index contributed by atoms with van der Waals surface area (Å²) in [5.41, 5.74) is 3.32. The van der Waals surface area contributed by atoms with Crippen LogP contribution in [0.1, 0.15) is 27.1 Å². The van der Waals surface area contributed by atoms with Crippen molar-refractivity contribution in [2.75, 3.05) is 18.1 Å². The molecule has 3 heterocycles. The van der Waals surface area contributed by atoms with Crippen LogP contribution in [0.3, 0.4) is 0 Å². The molecule has 3 aromatic rings. The third kappa shape index (κ3) is 4.09. The highest BCUT2D eigenvalue weighted by molar-refractivity contribution is 7.98. The summed E-state index contributed by atoms with van der Waals surface area (Å²) in [5.74, 6) is -0.721. The molecular formula is C25H22N4O3S. The van der Waals surface area contributed by atoms with Gasteiger partial charge in [-0.15, -0.1) is 11.8 Å². The van der Waals surface area contributed by atoms with Crippen molar-refractivity contribution in [3.8, 4) is 11.1 Å². The van der Waals surface area contributed by atoms with E-state index in [1.54, 1.807) is 41.1 Å². The van der Waals surface area contributed by atoms with E-state index < -0.39 is 6.04 Å². The summed E-state index contributed by atoms with van der Waals surface area (Å²) in [7, 11) is 0. The van der Waals surface area contributed by atoms with Crippen molar-refractivity contribution < 1.29 is 14.4 Å². The van der Waals surface area contributed by atoms with Crippen molar-refractivity contribution in [2.24, 2.45) is 0 Å². The van der Waals surface area contributed by atoms with E-state index in [1.807, 2.05) is 42.7 Å². The summed E-state index contributed by atoms with van der Waals surface area (Å²) < 4.78 is 0. The zero-order chi connectivity index (χ0) is 22.9. The Bertz CT molecular complexity index is 1230. The number of fused-ring (bicyclic) bond motifs is 2. The molecule has 7 nitrogen and oxygen atoms in total.